The zero-order valence-corrected chi connectivity index (χ0v) is 15.9. The molecular formula is C21H25N3O3. The predicted molar refractivity (Wildman–Crippen MR) is 99.8 cm³/mol. The van der Waals surface area contributed by atoms with E-state index in [1.807, 2.05) is 23.1 Å². The number of likely N-dealkylation sites (tertiary alicyclic amines) is 1. The number of ketones is 1. The van der Waals surface area contributed by atoms with Crippen molar-refractivity contribution in [2.45, 2.75) is 51.9 Å². The van der Waals surface area contributed by atoms with Crippen LogP contribution < -0.4 is 0 Å². The van der Waals surface area contributed by atoms with Gasteiger partial charge in [0, 0.05) is 37.1 Å². The predicted octanol–water partition coefficient (Wildman–Crippen LogP) is 3.42. The third-order valence-electron chi connectivity index (χ3n) is 5.44. The summed E-state index contributed by atoms with van der Waals surface area (Å²) in [6, 6.07) is 5.48. The van der Waals surface area contributed by atoms with E-state index in [0.29, 0.717) is 42.3 Å². The zero-order chi connectivity index (χ0) is 19.0. The second kappa shape index (κ2) is 7.25. The second-order valence-electron chi connectivity index (χ2n) is 7.99. The summed E-state index contributed by atoms with van der Waals surface area (Å²) in [5.41, 5.74) is 2.29. The molecule has 6 nitrogen and oxygen atoms in total. The Hall–Kier alpha value is -2.50. The molecule has 142 valence electrons. The van der Waals surface area contributed by atoms with Crippen LogP contribution in [0, 0.1) is 5.92 Å². The first-order chi connectivity index (χ1) is 13.0. The van der Waals surface area contributed by atoms with E-state index in [2.05, 4.69) is 24.0 Å². The highest BCUT2D eigenvalue weighted by atomic mass is 16.5. The minimum atomic E-state index is 0.00756. The van der Waals surface area contributed by atoms with Gasteiger partial charge in [-0.3, -0.25) is 9.59 Å². The molecule has 1 saturated heterocycles. The largest absolute Gasteiger partial charge is 0.339 e. The SMILES string of the molecule is CC(C)Cc1noc(C2CCCN(C(=O)c3cccc4c3CCC4=O)C2)n1. The summed E-state index contributed by atoms with van der Waals surface area (Å²) in [5.74, 6) is 2.07. The highest BCUT2D eigenvalue weighted by Gasteiger charge is 2.32. The fourth-order valence-corrected chi connectivity index (χ4v) is 4.11. The Morgan fingerprint density at radius 1 is 1.33 bits per heavy atom. The maximum Gasteiger partial charge on any atom is 0.254 e. The monoisotopic (exact) mass is 367 g/mol. The average molecular weight is 367 g/mol. The fourth-order valence-electron chi connectivity index (χ4n) is 4.11. The van der Waals surface area contributed by atoms with E-state index in [0.717, 1.165) is 37.2 Å². The lowest BCUT2D eigenvalue weighted by molar-refractivity contribution is 0.0694. The summed E-state index contributed by atoms with van der Waals surface area (Å²) in [6.45, 7) is 5.56. The lowest BCUT2D eigenvalue weighted by Crippen LogP contribution is -2.39. The molecule has 0 saturated carbocycles. The Morgan fingerprint density at radius 2 is 2.19 bits per heavy atom. The Labute approximate surface area is 158 Å². The smallest absolute Gasteiger partial charge is 0.254 e. The lowest BCUT2D eigenvalue weighted by atomic mass is 9.96. The number of carbonyl (C=O) groups excluding carboxylic acids is 2. The summed E-state index contributed by atoms with van der Waals surface area (Å²) in [4.78, 5) is 31.5. The number of amides is 1. The quantitative estimate of drug-likeness (QED) is 0.828. The van der Waals surface area contributed by atoms with Crippen molar-refractivity contribution in [1.29, 1.82) is 0 Å². The van der Waals surface area contributed by atoms with Gasteiger partial charge in [-0.05, 0) is 36.8 Å². The Kier molecular flexibility index (Phi) is 4.81. The van der Waals surface area contributed by atoms with Gasteiger partial charge in [0.1, 0.15) is 0 Å². The highest BCUT2D eigenvalue weighted by Crippen LogP contribution is 2.30. The maximum atomic E-state index is 13.1. The molecule has 1 aliphatic carbocycles. The molecule has 1 fully saturated rings. The highest BCUT2D eigenvalue weighted by molar-refractivity contribution is 6.05. The molecule has 2 aromatic rings. The van der Waals surface area contributed by atoms with Crippen LogP contribution in [0.2, 0.25) is 0 Å². The number of hydrogen-bond donors (Lipinski definition) is 0. The summed E-state index contributed by atoms with van der Waals surface area (Å²) >= 11 is 0. The van der Waals surface area contributed by atoms with Crippen molar-refractivity contribution in [3.63, 3.8) is 0 Å². The summed E-state index contributed by atoms with van der Waals surface area (Å²) < 4.78 is 5.48. The number of rotatable bonds is 4. The van der Waals surface area contributed by atoms with Crippen LogP contribution in [0.5, 0.6) is 0 Å². The van der Waals surface area contributed by atoms with Gasteiger partial charge in [-0.25, -0.2) is 0 Å². The Morgan fingerprint density at radius 3 is 3.00 bits per heavy atom. The summed E-state index contributed by atoms with van der Waals surface area (Å²) in [5, 5.41) is 4.09. The summed E-state index contributed by atoms with van der Waals surface area (Å²) in [7, 11) is 0. The Bertz CT molecular complexity index is 871. The van der Waals surface area contributed by atoms with Gasteiger partial charge in [-0.2, -0.15) is 4.98 Å². The molecule has 1 aromatic heterocycles. The van der Waals surface area contributed by atoms with E-state index in [4.69, 9.17) is 4.52 Å². The molecule has 0 radical (unpaired) electrons. The van der Waals surface area contributed by atoms with Gasteiger partial charge in [0.2, 0.25) is 5.89 Å². The van der Waals surface area contributed by atoms with Crippen LogP contribution in [-0.4, -0.2) is 39.8 Å². The standard InChI is InChI=1S/C21H25N3O3/c1-13(2)11-19-22-20(27-23-19)14-5-4-10-24(12-14)21(26)17-7-3-6-16-15(17)8-9-18(16)25/h3,6-7,13-14H,4-5,8-12H2,1-2H3. The first-order valence-corrected chi connectivity index (χ1v) is 9.79. The molecule has 4 rings (SSSR count). The van der Waals surface area contributed by atoms with Crippen molar-refractivity contribution in [3.8, 4) is 0 Å². The molecule has 1 amide bonds. The van der Waals surface area contributed by atoms with Crippen LogP contribution in [0.25, 0.3) is 0 Å². The zero-order valence-electron chi connectivity index (χ0n) is 15.9. The van der Waals surface area contributed by atoms with E-state index in [1.54, 1.807) is 0 Å². The number of piperidine rings is 1. The third-order valence-corrected chi connectivity index (χ3v) is 5.44. The third kappa shape index (κ3) is 3.53. The molecule has 0 bridgehead atoms. The Balaban J connectivity index is 1.51. The number of benzene rings is 1. The topological polar surface area (TPSA) is 76.3 Å². The molecule has 2 heterocycles. The number of carbonyl (C=O) groups is 2. The van der Waals surface area contributed by atoms with Crippen molar-refractivity contribution in [2.75, 3.05) is 13.1 Å². The average Bonchev–Trinajstić information content (AvgIpc) is 3.28. The molecule has 1 aromatic carbocycles. The van der Waals surface area contributed by atoms with Gasteiger partial charge < -0.3 is 9.42 Å². The van der Waals surface area contributed by atoms with Gasteiger partial charge in [-0.1, -0.05) is 31.1 Å². The van der Waals surface area contributed by atoms with Crippen molar-refractivity contribution >= 4 is 11.7 Å². The first-order valence-electron chi connectivity index (χ1n) is 9.79. The molecule has 1 atom stereocenters. The van der Waals surface area contributed by atoms with Gasteiger partial charge >= 0.3 is 0 Å². The molecule has 1 aliphatic heterocycles. The van der Waals surface area contributed by atoms with E-state index >= 15 is 0 Å². The molecule has 27 heavy (non-hydrogen) atoms. The van der Waals surface area contributed by atoms with Crippen LogP contribution >= 0.6 is 0 Å². The van der Waals surface area contributed by atoms with E-state index < -0.39 is 0 Å². The van der Waals surface area contributed by atoms with Crippen LogP contribution in [0.1, 0.15) is 77.0 Å². The van der Waals surface area contributed by atoms with Crippen LogP contribution in [0.4, 0.5) is 0 Å². The second-order valence-corrected chi connectivity index (χ2v) is 7.99. The number of fused-ring (bicyclic) bond motifs is 1. The fraction of sp³-hybridized carbons (Fsp3) is 0.524. The van der Waals surface area contributed by atoms with Crippen molar-refractivity contribution in [2.24, 2.45) is 5.92 Å². The molecule has 1 unspecified atom stereocenters. The van der Waals surface area contributed by atoms with Crippen LogP contribution in [0.3, 0.4) is 0 Å². The van der Waals surface area contributed by atoms with Crippen LogP contribution in [-0.2, 0) is 12.8 Å². The minimum Gasteiger partial charge on any atom is -0.339 e. The molecule has 0 spiro atoms. The van der Waals surface area contributed by atoms with Crippen molar-refractivity contribution in [3.05, 3.63) is 46.6 Å². The first kappa shape index (κ1) is 17.9. The number of hydrogen-bond acceptors (Lipinski definition) is 5. The van der Waals surface area contributed by atoms with Gasteiger partial charge in [0.05, 0.1) is 5.92 Å². The number of nitrogens with zero attached hydrogens (tertiary/aromatic N) is 3. The van der Waals surface area contributed by atoms with Crippen molar-refractivity contribution in [1.82, 2.24) is 15.0 Å². The normalized spacial score (nSPS) is 19.6. The lowest BCUT2D eigenvalue weighted by Gasteiger charge is -2.31. The van der Waals surface area contributed by atoms with E-state index in [-0.39, 0.29) is 17.6 Å². The van der Waals surface area contributed by atoms with Gasteiger partial charge in [-0.15, -0.1) is 0 Å². The molecule has 2 aliphatic rings. The maximum absolute atomic E-state index is 13.1. The molecular weight excluding hydrogens is 342 g/mol. The van der Waals surface area contributed by atoms with Gasteiger partial charge in [0.15, 0.2) is 11.6 Å². The number of aromatic nitrogens is 2. The van der Waals surface area contributed by atoms with Gasteiger partial charge in [0.25, 0.3) is 5.91 Å². The molecule has 0 N–H and O–H groups in total. The summed E-state index contributed by atoms with van der Waals surface area (Å²) in [6.07, 6.45) is 3.81. The van der Waals surface area contributed by atoms with E-state index in [9.17, 15) is 9.59 Å². The van der Waals surface area contributed by atoms with Crippen LogP contribution in [0.15, 0.2) is 22.7 Å². The molecule has 6 heteroatoms. The minimum absolute atomic E-state index is 0.00756. The number of Topliss-reactive ketones (excluding diaryl/α,β-unsaturated/α-hetero) is 1. The van der Waals surface area contributed by atoms with E-state index in [1.165, 1.54) is 0 Å². The van der Waals surface area contributed by atoms with Crippen molar-refractivity contribution < 1.29 is 14.1 Å².